The third kappa shape index (κ3) is 2.49. The molecule has 0 aliphatic rings. The molecular weight excluding hydrogens is 188 g/mol. The summed E-state index contributed by atoms with van der Waals surface area (Å²) in [7, 11) is 5.56. The van der Waals surface area contributed by atoms with E-state index in [2.05, 4.69) is 36.6 Å². The summed E-state index contributed by atoms with van der Waals surface area (Å²) >= 11 is 0. The Labute approximate surface area is 91.8 Å². The van der Waals surface area contributed by atoms with E-state index in [0.717, 1.165) is 11.3 Å². The first-order valence-corrected chi connectivity index (χ1v) is 5.13. The molecule has 0 saturated heterocycles. The van der Waals surface area contributed by atoms with E-state index in [0.29, 0.717) is 0 Å². The number of aryl methyl sites for hydroxylation is 2. The average Bonchev–Trinajstić information content (AvgIpc) is 2.24. The van der Waals surface area contributed by atoms with Crippen LogP contribution in [0.1, 0.15) is 22.9 Å². The summed E-state index contributed by atoms with van der Waals surface area (Å²) in [6, 6.07) is 4.23. The molecule has 0 spiro atoms. The van der Waals surface area contributed by atoms with E-state index in [1.54, 1.807) is 7.11 Å². The fourth-order valence-electron chi connectivity index (χ4n) is 1.67. The predicted molar refractivity (Wildman–Crippen MR) is 63.3 cm³/mol. The van der Waals surface area contributed by atoms with Crippen molar-refractivity contribution >= 4 is 0 Å². The largest absolute Gasteiger partial charge is 0.496 e. The van der Waals surface area contributed by atoms with Crippen LogP contribution in [0.4, 0.5) is 0 Å². The van der Waals surface area contributed by atoms with Crippen molar-refractivity contribution in [1.29, 1.82) is 0 Å². The van der Waals surface area contributed by atoms with Gasteiger partial charge in [0, 0.05) is 5.56 Å². The molecule has 0 atom stereocenters. The molecule has 0 saturated carbocycles. The lowest BCUT2D eigenvalue weighted by atomic mass is 10.0. The molecule has 3 heteroatoms. The van der Waals surface area contributed by atoms with Gasteiger partial charge in [-0.15, -0.1) is 0 Å². The number of ether oxygens (including phenoxy) is 1. The Morgan fingerprint density at radius 1 is 1.07 bits per heavy atom. The molecular formula is C12H20N2O. The standard InChI is InChI=1S/C12H20N2O/c1-8-6-10(12(13-3)14-4)11(15-5)7-9(8)2/h6-7,12-14H,1-5H3. The van der Waals surface area contributed by atoms with Crippen LogP contribution in [0.2, 0.25) is 0 Å². The number of methoxy groups -OCH3 is 1. The van der Waals surface area contributed by atoms with Gasteiger partial charge in [-0.2, -0.15) is 0 Å². The van der Waals surface area contributed by atoms with Gasteiger partial charge in [0.25, 0.3) is 0 Å². The molecule has 0 unspecified atom stereocenters. The van der Waals surface area contributed by atoms with Crippen LogP contribution in [0.15, 0.2) is 12.1 Å². The Hall–Kier alpha value is -1.06. The van der Waals surface area contributed by atoms with E-state index in [4.69, 9.17) is 4.74 Å². The Balaban J connectivity index is 3.20. The molecule has 0 aromatic heterocycles. The van der Waals surface area contributed by atoms with Gasteiger partial charge in [0.05, 0.1) is 13.3 Å². The van der Waals surface area contributed by atoms with Crippen molar-refractivity contribution in [2.24, 2.45) is 0 Å². The minimum Gasteiger partial charge on any atom is -0.496 e. The molecule has 1 rings (SSSR count). The van der Waals surface area contributed by atoms with Gasteiger partial charge in [-0.05, 0) is 51.2 Å². The first-order valence-electron chi connectivity index (χ1n) is 5.13. The van der Waals surface area contributed by atoms with Crippen molar-refractivity contribution in [3.63, 3.8) is 0 Å². The van der Waals surface area contributed by atoms with Crippen LogP contribution in [0, 0.1) is 13.8 Å². The number of nitrogens with one attached hydrogen (secondary N) is 2. The highest BCUT2D eigenvalue weighted by Crippen LogP contribution is 2.26. The van der Waals surface area contributed by atoms with Crippen LogP contribution in [0.3, 0.4) is 0 Å². The Bertz CT molecular complexity index is 333. The average molecular weight is 208 g/mol. The topological polar surface area (TPSA) is 33.3 Å². The van der Waals surface area contributed by atoms with Crippen LogP contribution in [-0.2, 0) is 0 Å². The summed E-state index contributed by atoms with van der Waals surface area (Å²) in [5, 5.41) is 6.40. The second-order valence-electron chi connectivity index (χ2n) is 3.69. The zero-order valence-electron chi connectivity index (χ0n) is 10.1. The van der Waals surface area contributed by atoms with E-state index in [1.165, 1.54) is 11.1 Å². The molecule has 0 radical (unpaired) electrons. The van der Waals surface area contributed by atoms with Gasteiger partial charge in [-0.3, -0.25) is 0 Å². The molecule has 84 valence electrons. The van der Waals surface area contributed by atoms with Crippen LogP contribution in [-0.4, -0.2) is 21.2 Å². The van der Waals surface area contributed by atoms with Crippen LogP contribution in [0.5, 0.6) is 5.75 Å². The molecule has 1 aromatic carbocycles. The van der Waals surface area contributed by atoms with E-state index < -0.39 is 0 Å². The van der Waals surface area contributed by atoms with Gasteiger partial charge in [0.2, 0.25) is 0 Å². The third-order valence-corrected chi connectivity index (χ3v) is 2.73. The first-order chi connectivity index (χ1) is 7.13. The summed E-state index contributed by atoms with van der Waals surface area (Å²) in [5.74, 6) is 0.923. The summed E-state index contributed by atoms with van der Waals surface area (Å²) < 4.78 is 5.39. The molecule has 0 aliphatic carbocycles. The number of benzene rings is 1. The van der Waals surface area contributed by atoms with Crippen molar-refractivity contribution in [1.82, 2.24) is 10.6 Å². The number of hydrogen-bond donors (Lipinski definition) is 2. The summed E-state index contributed by atoms with van der Waals surface area (Å²) in [6.45, 7) is 4.20. The lowest BCUT2D eigenvalue weighted by Gasteiger charge is -2.20. The van der Waals surface area contributed by atoms with E-state index >= 15 is 0 Å². The first kappa shape index (κ1) is 12.0. The van der Waals surface area contributed by atoms with Crippen molar-refractivity contribution in [2.75, 3.05) is 21.2 Å². The summed E-state index contributed by atoms with van der Waals surface area (Å²) in [4.78, 5) is 0. The smallest absolute Gasteiger partial charge is 0.125 e. The predicted octanol–water partition coefficient (Wildman–Crippen LogP) is 1.75. The van der Waals surface area contributed by atoms with Gasteiger partial charge in [-0.25, -0.2) is 0 Å². The van der Waals surface area contributed by atoms with Crippen molar-refractivity contribution in [3.8, 4) is 5.75 Å². The molecule has 0 aliphatic heterocycles. The molecule has 2 N–H and O–H groups in total. The van der Waals surface area contributed by atoms with E-state index in [1.807, 2.05) is 14.1 Å². The van der Waals surface area contributed by atoms with Gasteiger partial charge in [-0.1, -0.05) is 0 Å². The highest BCUT2D eigenvalue weighted by molar-refractivity contribution is 5.43. The second-order valence-corrected chi connectivity index (χ2v) is 3.69. The Morgan fingerprint density at radius 2 is 1.60 bits per heavy atom. The fourth-order valence-corrected chi connectivity index (χ4v) is 1.67. The third-order valence-electron chi connectivity index (χ3n) is 2.73. The Kier molecular flexibility index (Phi) is 4.12. The molecule has 0 heterocycles. The molecule has 15 heavy (non-hydrogen) atoms. The Morgan fingerprint density at radius 3 is 2.07 bits per heavy atom. The highest BCUT2D eigenvalue weighted by Gasteiger charge is 2.13. The number of hydrogen-bond acceptors (Lipinski definition) is 3. The molecule has 0 bridgehead atoms. The minimum atomic E-state index is 0.124. The second kappa shape index (κ2) is 5.14. The maximum absolute atomic E-state index is 5.39. The van der Waals surface area contributed by atoms with Crippen LogP contribution < -0.4 is 15.4 Å². The minimum absolute atomic E-state index is 0.124. The normalized spacial score (nSPS) is 10.8. The molecule has 3 nitrogen and oxygen atoms in total. The lowest BCUT2D eigenvalue weighted by molar-refractivity contribution is 0.394. The maximum Gasteiger partial charge on any atom is 0.125 e. The lowest BCUT2D eigenvalue weighted by Crippen LogP contribution is -2.29. The quantitative estimate of drug-likeness (QED) is 0.740. The van der Waals surface area contributed by atoms with Crippen molar-refractivity contribution in [2.45, 2.75) is 20.0 Å². The zero-order chi connectivity index (χ0) is 11.4. The van der Waals surface area contributed by atoms with Gasteiger partial charge in [0.15, 0.2) is 0 Å². The fraction of sp³-hybridized carbons (Fsp3) is 0.500. The SMILES string of the molecule is CNC(NC)c1cc(C)c(C)cc1OC. The monoisotopic (exact) mass is 208 g/mol. The van der Waals surface area contributed by atoms with Gasteiger partial charge >= 0.3 is 0 Å². The van der Waals surface area contributed by atoms with Crippen molar-refractivity contribution < 1.29 is 4.74 Å². The zero-order valence-corrected chi connectivity index (χ0v) is 10.1. The van der Waals surface area contributed by atoms with Crippen LogP contribution >= 0.6 is 0 Å². The number of rotatable bonds is 4. The van der Waals surface area contributed by atoms with E-state index in [9.17, 15) is 0 Å². The van der Waals surface area contributed by atoms with Crippen LogP contribution in [0.25, 0.3) is 0 Å². The summed E-state index contributed by atoms with van der Waals surface area (Å²) in [5.41, 5.74) is 3.67. The van der Waals surface area contributed by atoms with Crippen molar-refractivity contribution in [3.05, 3.63) is 28.8 Å². The van der Waals surface area contributed by atoms with Gasteiger partial charge in [0.1, 0.15) is 5.75 Å². The van der Waals surface area contributed by atoms with Gasteiger partial charge < -0.3 is 15.4 Å². The highest BCUT2D eigenvalue weighted by atomic mass is 16.5. The molecule has 0 amide bonds. The molecule has 0 fully saturated rings. The summed E-state index contributed by atoms with van der Waals surface area (Å²) in [6.07, 6.45) is 0.124. The maximum atomic E-state index is 5.39. The van der Waals surface area contributed by atoms with E-state index in [-0.39, 0.29) is 6.17 Å². The molecule has 1 aromatic rings.